The van der Waals surface area contributed by atoms with Crippen molar-refractivity contribution in [3.63, 3.8) is 0 Å². The summed E-state index contributed by atoms with van der Waals surface area (Å²) in [6, 6.07) is 8.94. The van der Waals surface area contributed by atoms with Crippen molar-refractivity contribution in [3.05, 3.63) is 35.9 Å². The van der Waals surface area contributed by atoms with Crippen LogP contribution < -0.4 is 16.0 Å². The highest BCUT2D eigenvalue weighted by atomic mass is 32.2. The van der Waals surface area contributed by atoms with Crippen LogP contribution in [-0.4, -0.2) is 48.1 Å². The monoisotopic (exact) mass is 381 g/mol. The second-order valence-electron chi connectivity index (χ2n) is 4.80. The average molecular weight is 381 g/mol. The van der Waals surface area contributed by atoms with Gasteiger partial charge in [0, 0.05) is 20.2 Å². The molecule has 0 spiro atoms. The molecule has 1 aromatic heterocycles. The van der Waals surface area contributed by atoms with Crippen LogP contribution in [0.3, 0.4) is 0 Å². The minimum atomic E-state index is -0.520. The van der Waals surface area contributed by atoms with Crippen molar-refractivity contribution >= 4 is 40.2 Å². The molecule has 3 N–H and O–H groups in total. The van der Waals surface area contributed by atoms with E-state index in [1.54, 1.807) is 7.11 Å². The van der Waals surface area contributed by atoms with Crippen molar-refractivity contribution in [2.75, 3.05) is 31.3 Å². The molecule has 25 heavy (non-hydrogen) atoms. The molecule has 0 saturated heterocycles. The Bertz CT molecular complexity index is 681. The summed E-state index contributed by atoms with van der Waals surface area (Å²) in [5.41, 5.74) is 0.960. The molecule has 134 valence electrons. The third kappa shape index (κ3) is 7.50. The Kier molecular flexibility index (Phi) is 8.16. The fourth-order valence-corrected chi connectivity index (χ4v) is 3.29. The molecule has 0 atom stereocenters. The number of urea groups is 1. The number of rotatable bonds is 9. The second-order valence-corrected chi connectivity index (χ2v) is 7.00. The summed E-state index contributed by atoms with van der Waals surface area (Å²) >= 11 is 2.57. The van der Waals surface area contributed by atoms with Crippen molar-refractivity contribution in [3.8, 4) is 0 Å². The van der Waals surface area contributed by atoms with E-state index in [1.165, 1.54) is 23.1 Å². The van der Waals surface area contributed by atoms with E-state index in [4.69, 9.17) is 4.74 Å². The highest BCUT2D eigenvalue weighted by Gasteiger charge is 2.10. The van der Waals surface area contributed by atoms with Crippen LogP contribution in [0, 0.1) is 0 Å². The first-order valence-electron chi connectivity index (χ1n) is 7.48. The van der Waals surface area contributed by atoms with Crippen LogP contribution in [0.25, 0.3) is 0 Å². The number of hydrogen-bond donors (Lipinski definition) is 3. The van der Waals surface area contributed by atoms with Crippen molar-refractivity contribution in [2.24, 2.45) is 0 Å². The largest absolute Gasteiger partial charge is 0.383 e. The van der Waals surface area contributed by atoms with Crippen LogP contribution >= 0.6 is 23.1 Å². The molecule has 1 heterocycles. The summed E-state index contributed by atoms with van der Waals surface area (Å²) in [5, 5.41) is 16.6. The fourth-order valence-electron chi connectivity index (χ4n) is 1.71. The number of nitrogens with one attached hydrogen (secondary N) is 3. The van der Waals surface area contributed by atoms with Crippen molar-refractivity contribution in [1.29, 1.82) is 0 Å². The SMILES string of the molecule is COCCNc1nnc(SCC(=O)NC(=O)NCc2ccccc2)s1. The number of imide groups is 1. The third-order valence-electron chi connectivity index (χ3n) is 2.86. The number of amides is 3. The zero-order valence-electron chi connectivity index (χ0n) is 13.7. The number of nitrogens with zero attached hydrogens (tertiary/aromatic N) is 2. The van der Waals surface area contributed by atoms with Crippen LogP contribution in [-0.2, 0) is 16.1 Å². The molecular formula is C15H19N5O3S2. The van der Waals surface area contributed by atoms with Gasteiger partial charge in [-0.2, -0.15) is 0 Å². The molecule has 2 aromatic rings. The number of carbonyl (C=O) groups is 2. The Morgan fingerprint density at radius 3 is 2.80 bits per heavy atom. The lowest BCUT2D eigenvalue weighted by Gasteiger charge is -2.06. The quantitative estimate of drug-likeness (QED) is 0.449. The topological polar surface area (TPSA) is 105 Å². The van der Waals surface area contributed by atoms with Crippen LogP contribution in [0.4, 0.5) is 9.93 Å². The van der Waals surface area contributed by atoms with Gasteiger partial charge in [0.15, 0.2) is 4.34 Å². The van der Waals surface area contributed by atoms with Crippen LogP contribution in [0.15, 0.2) is 34.7 Å². The number of anilines is 1. The molecular weight excluding hydrogens is 362 g/mol. The van der Waals surface area contributed by atoms with E-state index >= 15 is 0 Å². The first-order valence-corrected chi connectivity index (χ1v) is 9.28. The highest BCUT2D eigenvalue weighted by Crippen LogP contribution is 2.24. The molecule has 0 fully saturated rings. The number of hydrogen-bond acceptors (Lipinski definition) is 8. The van der Waals surface area contributed by atoms with Gasteiger partial charge in [0.2, 0.25) is 11.0 Å². The van der Waals surface area contributed by atoms with Gasteiger partial charge in [-0.15, -0.1) is 10.2 Å². The second kappa shape index (κ2) is 10.6. The van der Waals surface area contributed by atoms with Gasteiger partial charge >= 0.3 is 6.03 Å². The third-order valence-corrected chi connectivity index (χ3v) is 4.88. The standard InChI is InChI=1S/C15H19N5O3S2/c1-23-8-7-16-14-19-20-15(25-14)24-10-12(21)18-13(22)17-9-11-5-3-2-4-6-11/h2-6H,7-10H2,1H3,(H,16,19)(H2,17,18,21,22). The van der Waals surface area contributed by atoms with Gasteiger partial charge in [0.05, 0.1) is 12.4 Å². The summed E-state index contributed by atoms with van der Waals surface area (Å²) in [6.45, 7) is 1.57. The van der Waals surface area contributed by atoms with Crippen molar-refractivity contribution < 1.29 is 14.3 Å². The van der Waals surface area contributed by atoms with E-state index in [1.807, 2.05) is 30.3 Å². The van der Waals surface area contributed by atoms with E-state index in [2.05, 4.69) is 26.1 Å². The Labute approximate surface area is 153 Å². The molecule has 0 aliphatic rings. The molecule has 0 saturated carbocycles. The van der Waals surface area contributed by atoms with Gasteiger partial charge in [-0.25, -0.2) is 4.79 Å². The number of methoxy groups -OCH3 is 1. The Hall–Kier alpha value is -2.17. The molecule has 3 amide bonds. The fraction of sp³-hybridized carbons (Fsp3) is 0.333. The molecule has 10 heteroatoms. The number of carbonyl (C=O) groups excluding carboxylic acids is 2. The predicted molar refractivity (Wildman–Crippen MR) is 97.8 cm³/mol. The first kappa shape index (κ1) is 19.2. The molecule has 0 radical (unpaired) electrons. The van der Waals surface area contributed by atoms with Crippen molar-refractivity contribution in [2.45, 2.75) is 10.9 Å². The van der Waals surface area contributed by atoms with Crippen molar-refractivity contribution in [1.82, 2.24) is 20.8 Å². The summed E-state index contributed by atoms with van der Waals surface area (Å²) < 4.78 is 5.58. The number of thioether (sulfide) groups is 1. The Balaban J connectivity index is 1.65. The Morgan fingerprint density at radius 2 is 2.04 bits per heavy atom. The average Bonchev–Trinajstić information content (AvgIpc) is 3.07. The normalized spacial score (nSPS) is 10.3. The molecule has 8 nitrogen and oxygen atoms in total. The van der Waals surface area contributed by atoms with E-state index in [0.29, 0.717) is 29.2 Å². The van der Waals surface area contributed by atoms with E-state index < -0.39 is 6.03 Å². The lowest BCUT2D eigenvalue weighted by atomic mass is 10.2. The van der Waals surface area contributed by atoms with Gasteiger partial charge in [-0.3, -0.25) is 10.1 Å². The maximum Gasteiger partial charge on any atom is 0.321 e. The minimum Gasteiger partial charge on any atom is -0.383 e. The van der Waals surface area contributed by atoms with E-state index in [9.17, 15) is 9.59 Å². The molecule has 2 rings (SSSR count). The summed E-state index contributed by atoms with van der Waals surface area (Å²) in [6.07, 6.45) is 0. The highest BCUT2D eigenvalue weighted by molar-refractivity contribution is 8.01. The lowest BCUT2D eigenvalue weighted by molar-refractivity contribution is -0.117. The number of aromatic nitrogens is 2. The number of benzene rings is 1. The zero-order chi connectivity index (χ0) is 17.9. The molecule has 0 aliphatic carbocycles. The summed E-state index contributed by atoms with van der Waals surface area (Å²) in [7, 11) is 1.62. The predicted octanol–water partition coefficient (Wildman–Crippen LogP) is 1.71. The Morgan fingerprint density at radius 1 is 1.24 bits per heavy atom. The lowest BCUT2D eigenvalue weighted by Crippen LogP contribution is -2.39. The smallest absolute Gasteiger partial charge is 0.321 e. The van der Waals surface area contributed by atoms with Gasteiger partial charge in [-0.1, -0.05) is 53.4 Å². The van der Waals surface area contributed by atoms with Gasteiger partial charge < -0.3 is 15.4 Å². The maximum absolute atomic E-state index is 11.8. The molecule has 0 aliphatic heterocycles. The summed E-state index contributed by atoms with van der Waals surface area (Å²) in [5.74, 6) is -0.300. The van der Waals surface area contributed by atoms with E-state index in [0.717, 1.165) is 5.56 Å². The van der Waals surface area contributed by atoms with E-state index in [-0.39, 0.29) is 11.7 Å². The number of ether oxygens (including phenoxy) is 1. The zero-order valence-corrected chi connectivity index (χ0v) is 15.3. The van der Waals surface area contributed by atoms with Gasteiger partial charge in [0.1, 0.15) is 0 Å². The summed E-state index contributed by atoms with van der Waals surface area (Å²) in [4.78, 5) is 23.5. The first-order chi connectivity index (χ1) is 12.2. The van der Waals surface area contributed by atoms with Crippen LogP contribution in [0.1, 0.15) is 5.56 Å². The van der Waals surface area contributed by atoms with Crippen LogP contribution in [0.2, 0.25) is 0 Å². The minimum absolute atomic E-state index is 0.0888. The van der Waals surface area contributed by atoms with Crippen LogP contribution in [0.5, 0.6) is 0 Å². The molecule has 0 unspecified atom stereocenters. The van der Waals surface area contributed by atoms with Gasteiger partial charge in [-0.05, 0) is 5.56 Å². The molecule has 1 aromatic carbocycles. The molecule has 0 bridgehead atoms. The van der Waals surface area contributed by atoms with Gasteiger partial charge in [0.25, 0.3) is 0 Å². The maximum atomic E-state index is 11.8.